The number of nitrogens with one attached hydrogen (secondary N) is 2. The van der Waals surface area contributed by atoms with Gasteiger partial charge in [0.25, 0.3) is 0 Å². The van der Waals surface area contributed by atoms with E-state index in [-0.39, 0.29) is 11.9 Å². The average molecular weight is 218 g/mol. The van der Waals surface area contributed by atoms with Crippen molar-refractivity contribution in [1.29, 1.82) is 0 Å². The zero-order valence-corrected chi connectivity index (χ0v) is 9.79. The lowest BCUT2D eigenvalue weighted by Crippen LogP contribution is -2.41. The Morgan fingerprint density at radius 2 is 2.00 bits per heavy atom. The highest BCUT2D eigenvalue weighted by molar-refractivity contribution is 5.81. The van der Waals surface area contributed by atoms with Gasteiger partial charge in [0.05, 0.1) is 6.04 Å². The van der Waals surface area contributed by atoms with Crippen molar-refractivity contribution < 1.29 is 4.79 Å². The van der Waals surface area contributed by atoms with Crippen molar-refractivity contribution >= 4 is 11.5 Å². The molecule has 16 heavy (non-hydrogen) atoms. The first-order chi connectivity index (χ1) is 7.65. The van der Waals surface area contributed by atoms with Crippen LogP contribution in [0, 0.1) is 0 Å². The Balaban J connectivity index is 2.45. The maximum atomic E-state index is 11.3. The van der Waals surface area contributed by atoms with Gasteiger partial charge in [0.15, 0.2) is 0 Å². The van der Waals surface area contributed by atoms with Crippen LogP contribution in [0.5, 0.6) is 0 Å². The number of hydrogen-bond acceptors (Lipinski definition) is 2. The van der Waals surface area contributed by atoms with E-state index in [2.05, 4.69) is 17.2 Å². The van der Waals surface area contributed by atoms with Crippen LogP contribution in [-0.4, -0.2) is 25.5 Å². The van der Waals surface area contributed by atoms with E-state index < -0.39 is 0 Å². The number of carbonyl (C=O) groups is 1. The molecule has 1 amide bonds. The number of rotatable bonds is 5. The van der Waals surface area contributed by atoms with Crippen LogP contribution in [0.4, 0.5) is 0 Å². The number of likely N-dealkylation sites (N-methyl/N-ethyl adjacent to an activating group) is 1. The molecule has 0 spiro atoms. The summed E-state index contributed by atoms with van der Waals surface area (Å²) in [5, 5.41) is 5.72. The van der Waals surface area contributed by atoms with Crippen molar-refractivity contribution in [1.82, 2.24) is 10.6 Å². The van der Waals surface area contributed by atoms with E-state index in [1.165, 1.54) is 0 Å². The van der Waals surface area contributed by atoms with Crippen LogP contribution in [0.25, 0.3) is 5.57 Å². The van der Waals surface area contributed by atoms with Gasteiger partial charge in [-0.05, 0) is 18.1 Å². The molecule has 1 aromatic carbocycles. The van der Waals surface area contributed by atoms with Crippen LogP contribution in [0.1, 0.15) is 12.5 Å². The smallest absolute Gasteiger partial charge is 0.236 e. The minimum absolute atomic E-state index is 0.0131. The Kier molecular flexibility index (Phi) is 4.73. The van der Waals surface area contributed by atoms with Crippen LogP contribution < -0.4 is 10.6 Å². The molecule has 0 aliphatic rings. The molecule has 1 unspecified atom stereocenters. The van der Waals surface area contributed by atoms with Crippen molar-refractivity contribution in [2.75, 3.05) is 13.6 Å². The van der Waals surface area contributed by atoms with Gasteiger partial charge in [-0.25, -0.2) is 0 Å². The molecule has 0 heterocycles. The van der Waals surface area contributed by atoms with Crippen molar-refractivity contribution in [2.45, 2.75) is 13.0 Å². The van der Waals surface area contributed by atoms with E-state index in [0.29, 0.717) is 6.54 Å². The molecule has 3 heteroatoms. The molecule has 1 aromatic rings. The Morgan fingerprint density at radius 3 is 2.56 bits per heavy atom. The molecule has 0 bridgehead atoms. The largest absolute Gasteiger partial charge is 0.358 e. The highest BCUT2D eigenvalue weighted by atomic mass is 16.2. The summed E-state index contributed by atoms with van der Waals surface area (Å²) < 4.78 is 0. The van der Waals surface area contributed by atoms with E-state index in [1.807, 2.05) is 37.3 Å². The average Bonchev–Trinajstić information content (AvgIpc) is 2.35. The lowest BCUT2D eigenvalue weighted by molar-refractivity contribution is -0.122. The summed E-state index contributed by atoms with van der Waals surface area (Å²) in [7, 11) is 1.63. The van der Waals surface area contributed by atoms with Gasteiger partial charge < -0.3 is 10.6 Å². The van der Waals surface area contributed by atoms with Gasteiger partial charge in [0, 0.05) is 13.6 Å². The maximum Gasteiger partial charge on any atom is 0.236 e. The highest BCUT2D eigenvalue weighted by Gasteiger charge is 2.09. The molecule has 1 atom stereocenters. The topological polar surface area (TPSA) is 41.1 Å². The Bertz CT molecular complexity index is 359. The Labute approximate surface area is 96.6 Å². The molecule has 0 saturated carbocycles. The fourth-order valence-electron chi connectivity index (χ4n) is 1.36. The number of hydrogen-bond donors (Lipinski definition) is 2. The predicted molar refractivity (Wildman–Crippen MR) is 67.0 cm³/mol. The summed E-state index contributed by atoms with van der Waals surface area (Å²) >= 11 is 0. The van der Waals surface area contributed by atoms with Crippen LogP contribution in [-0.2, 0) is 4.79 Å². The standard InChI is InChI=1S/C13H18N2O/c1-10(12-7-5-4-6-8-12)9-15-11(2)13(16)14-3/h4-8,11,15H,1,9H2,2-3H3,(H,14,16). The number of carbonyl (C=O) groups excluding carboxylic acids is 1. The second kappa shape index (κ2) is 6.08. The molecular weight excluding hydrogens is 200 g/mol. The van der Waals surface area contributed by atoms with Crippen LogP contribution >= 0.6 is 0 Å². The normalized spacial score (nSPS) is 11.9. The van der Waals surface area contributed by atoms with Crippen molar-refractivity contribution in [3.63, 3.8) is 0 Å². The molecule has 0 aromatic heterocycles. The van der Waals surface area contributed by atoms with Crippen LogP contribution in [0.3, 0.4) is 0 Å². The van der Waals surface area contributed by atoms with E-state index >= 15 is 0 Å². The minimum atomic E-state index is -0.203. The van der Waals surface area contributed by atoms with Gasteiger partial charge in [-0.2, -0.15) is 0 Å². The molecule has 0 saturated heterocycles. The summed E-state index contributed by atoms with van der Waals surface area (Å²) in [4.78, 5) is 11.3. The summed E-state index contributed by atoms with van der Waals surface area (Å²) in [6.45, 7) is 6.43. The second-order valence-corrected chi connectivity index (χ2v) is 3.69. The molecule has 0 radical (unpaired) electrons. The number of benzene rings is 1. The summed E-state index contributed by atoms with van der Waals surface area (Å²) in [6.07, 6.45) is 0. The third-order valence-electron chi connectivity index (χ3n) is 2.44. The van der Waals surface area contributed by atoms with Gasteiger partial charge in [-0.3, -0.25) is 4.79 Å². The molecule has 0 aliphatic carbocycles. The lowest BCUT2D eigenvalue weighted by atomic mass is 10.1. The molecule has 1 rings (SSSR count). The van der Waals surface area contributed by atoms with Crippen molar-refractivity contribution in [3.8, 4) is 0 Å². The van der Waals surface area contributed by atoms with Gasteiger partial charge in [-0.1, -0.05) is 36.9 Å². The quantitative estimate of drug-likeness (QED) is 0.785. The van der Waals surface area contributed by atoms with Crippen LogP contribution in [0.15, 0.2) is 36.9 Å². The summed E-state index contributed by atoms with van der Waals surface area (Å²) in [5.74, 6) is -0.0131. The van der Waals surface area contributed by atoms with Crippen molar-refractivity contribution in [3.05, 3.63) is 42.5 Å². The third kappa shape index (κ3) is 3.51. The molecule has 86 valence electrons. The van der Waals surface area contributed by atoms with E-state index in [0.717, 1.165) is 11.1 Å². The van der Waals surface area contributed by atoms with E-state index in [4.69, 9.17) is 0 Å². The summed E-state index contributed by atoms with van der Waals surface area (Å²) in [5.41, 5.74) is 2.08. The first-order valence-electron chi connectivity index (χ1n) is 5.33. The van der Waals surface area contributed by atoms with E-state index in [1.54, 1.807) is 7.05 Å². The Hall–Kier alpha value is -1.61. The predicted octanol–water partition coefficient (Wildman–Crippen LogP) is 1.42. The Morgan fingerprint density at radius 1 is 1.38 bits per heavy atom. The first kappa shape index (κ1) is 12.5. The fraction of sp³-hybridized carbons (Fsp3) is 0.308. The van der Waals surface area contributed by atoms with Gasteiger partial charge >= 0.3 is 0 Å². The molecule has 0 aliphatic heterocycles. The fourth-order valence-corrected chi connectivity index (χ4v) is 1.36. The monoisotopic (exact) mass is 218 g/mol. The van der Waals surface area contributed by atoms with Crippen LogP contribution in [0.2, 0.25) is 0 Å². The third-order valence-corrected chi connectivity index (χ3v) is 2.44. The van der Waals surface area contributed by atoms with Crippen molar-refractivity contribution in [2.24, 2.45) is 0 Å². The van der Waals surface area contributed by atoms with Gasteiger partial charge in [0.1, 0.15) is 0 Å². The minimum Gasteiger partial charge on any atom is -0.358 e. The zero-order valence-electron chi connectivity index (χ0n) is 9.79. The van der Waals surface area contributed by atoms with E-state index in [9.17, 15) is 4.79 Å². The molecular formula is C13H18N2O. The molecule has 2 N–H and O–H groups in total. The highest BCUT2D eigenvalue weighted by Crippen LogP contribution is 2.10. The zero-order chi connectivity index (χ0) is 12.0. The maximum absolute atomic E-state index is 11.3. The SMILES string of the molecule is C=C(CNC(C)C(=O)NC)c1ccccc1. The molecule has 3 nitrogen and oxygen atoms in total. The van der Waals surface area contributed by atoms with Gasteiger partial charge in [-0.15, -0.1) is 0 Å². The molecule has 0 fully saturated rings. The first-order valence-corrected chi connectivity index (χ1v) is 5.33. The van der Waals surface area contributed by atoms with Gasteiger partial charge in [0.2, 0.25) is 5.91 Å². The second-order valence-electron chi connectivity index (χ2n) is 3.69. The lowest BCUT2D eigenvalue weighted by Gasteiger charge is -2.13. The summed E-state index contributed by atoms with van der Waals surface area (Å²) in [6, 6.07) is 9.73. The number of amides is 1.